The number of hydrogen-bond donors (Lipinski definition) is 0. The molecule has 0 aromatic heterocycles. The molecule has 2 aliphatic rings. The summed E-state index contributed by atoms with van der Waals surface area (Å²) >= 11 is 0. The zero-order valence-corrected chi connectivity index (χ0v) is 28.0. The maximum Gasteiger partial charge on any atom is 0.345 e. The number of esters is 4. The van der Waals surface area contributed by atoms with Gasteiger partial charge in [0.05, 0.1) is 40.6 Å². The molecule has 4 rings (SSSR count). The van der Waals surface area contributed by atoms with Crippen molar-refractivity contribution in [3.63, 3.8) is 0 Å². The van der Waals surface area contributed by atoms with Crippen LogP contribution in [0.5, 0.6) is 34.5 Å². The predicted molar refractivity (Wildman–Crippen MR) is 175 cm³/mol. The highest BCUT2D eigenvalue weighted by Gasteiger charge is 2.25. The SMILES string of the molecule is COc1cc2c(c(OC(C)=O)c1)C(=O)OCCC/C=C/CCCO2.COc1cc2c(c(OC(C)=O)c1)C(=O)OCCC/C=C\CCCO2. The number of cyclic esters (lactones) is 2. The third-order valence-electron chi connectivity index (χ3n) is 6.84. The van der Waals surface area contributed by atoms with Crippen LogP contribution in [0.1, 0.15) is 85.9 Å². The first-order valence-corrected chi connectivity index (χ1v) is 15.9. The van der Waals surface area contributed by atoms with Gasteiger partial charge in [0, 0.05) is 38.1 Å². The Balaban J connectivity index is 0.000000260. The van der Waals surface area contributed by atoms with Crippen LogP contribution in [0, 0.1) is 0 Å². The standard InChI is InChI=1S/2C18H22O6/c2*1-13(19)24-16-12-14(21-2)11-15-17(16)18(20)23-10-8-6-4-3-5-7-9-22-15/h2*3-4,11-12H,5-10H2,1-2H3/b4-3+;4-3-. The maximum atomic E-state index is 12.5. The van der Waals surface area contributed by atoms with Gasteiger partial charge in [-0.1, -0.05) is 24.3 Å². The minimum atomic E-state index is -0.577. The van der Waals surface area contributed by atoms with E-state index in [2.05, 4.69) is 24.3 Å². The summed E-state index contributed by atoms with van der Waals surface area (Å²) in [6.07, 6.45) is 14.9. The minimum Gasteiger partial charge on any atom is -0.496 e. The second-order valence-electron chi connectivity index (χ2n) is 10.7. The third kappa shape index (κ3) is 12.3. The Hall–Kier alpha value is -5.00. The van der Waals surface area contributed by atoms with Gasteiger partial charge >= 0.3 is 23.9 Å². The van der Waals surface area contributed by atoms with Crippen LogP contribution in [-0.2, 0) is 19.1 Å². The van der Waals surface area contributed by atoms with E-state index < -0.39 is 23.9 Å². The molecule has 0 unspecified atom stereocenters. The Kier molecular flexibility index (Phi) is 15.8. The molecule has 0 saturated heterocycles. The number of carbonyl (C=O) groups is 4. The van der Waals surface area contributed by atoms with Crippen LogP contribution >= 0.6 is 0 Å². The Bertz CT molecular complexity index is 1350. The third-order valence-corrected chi connectivity index (χ3v) is 6.84. The number of carbonyl (C=O) groups excluding carboxylic acids is 4. The van der Waals surface area contributed by atoms with E-state index >= 15 is 0 Å². The lowest BCUT2D eigenvalue weighted by atomic mass is 10.1. The Morgan fingerprint density at radius 1 is 0.542 bits per heavy atom. The lowest BCUT2D eigenvalue weighted by molar-refractivity contribution is -0.132. The minimum absolute atomic E-state index is 0.0786. The van der Waals surface area contributed by atoms with E-state index in [-0.39, 0.29) is 35.8 Å². The summed E-state index contributed by atoms with van der Waals surface area (Å²) in [5.74, 6) is -0.624. The molecular formula is C36H44O12. The fourth-order valence-corrected chi connectivity index (χ4v) is 4.58. The maximum absolute atomic E-state index is 12.5. The number of hydrogen-bond acceptors (Lipinski definition) is 12. The monoisotopic (exact) mass is 668 g/mol. The molecule has 0 atom stereocenters. The van der Waals surface area contributed by atoms with Crippen molar-refractivity contribution in [2.75, 3.05) is 40.6 Å². The first kappa shape index (κ1) is 37.5. The second-order valence-corrected chi connectivity index (χ2v) is 10.7. The summed E-state index contributed by atoms with van der Waals surface area (Å²) in [7, 11) is 2.98. The summed E-state index contributed by atoms with van der Waals surface area (Å²) in [4.78, 5) is 47.6. The highest BCUT2D eigenvalue weighted by molar-refractivity contribution is 5.97. The average molecular weight is 669 g/mol. The molecule has 2 aromatic carbocycles. The Morgan fingerprint density at radius 2 is 0.875 bits per heavy atom. The molecule has 0 fully saturated rings. The van der Waals surface area contributed by atoms with E-state index in [0.717, 1.165) is 51.4 Å². The van der Waals surface area contributed by atoms with Crippen molar-refractivity contribution in [1.29, 1.82) is 0 Å². The topological polar surface area (TPSA) is 142 Å². The first-order chi connectivity index (χ1) is 23.2. The Labute approximate surface area is 280 Å². The lowest BCUT2D eigenvalue weighted by Gasteiger charge is -2.16. The summed E-state index contributed by atoms with van der Waals surface area (Å²) in [6, 6.07) is 6.15. The zero-order chi connectivity index (χ0) is 34.7. The molecule has 260 valence electrons. The fourth-order valence-electron chi connectivity index (χ4n) is 4.58. The van der Waals surface area contributed by atoms with Gasteiger partial charge in [-0.15, -0.1) is 0 Å². The number of fused-ring (bicyclic) bond motifs is 2. The van der Waals surface area contributed by atoms with E-state index in [0.29, 0.717) is 36.2 Å². The van der Waals surface area contributed by atoms with Crippen LogP contribution < -0.4 is 28.4 Å². The van der Waals surface area contributed by atoms with Gasteiger partial charge in [0.1, 0.15) is 34.1 Å². The van der Waals surface area contributed by atoms with Gasteiger partial charge in [0.15, 0.2) is 11.5 Å². The van der Waals surface area contributed by atoms with Crippen LogP contribution in [0.25, 0.3) is 0 Å². The smallest absolute Gasteiger partial charge is 0.345 e. The molecule has 48 heavy (non-hydrogen) atoms. The molecule has 0 aliphatic carbocycles. The summed E-state index contributed by atoms with van der Waals surface area (Å²) in [6.45, 7) is 3.96. The van der Waals surface area contributed by atoms with Crippen molar-refractivity contribution in [3.8, 4) is 34.5 Å². The molecule has 2 aliphatic heterocycles. The summed E-state index contributed by atoms with van der Waals surface area (Å²) < 4.78 is 42.8. The molecule has 0 saturated carbocycles. The van der Waals surface area contributed by atoms with Gasteiger partial charge in [0.25, 0.3) is 0 Å². The van der Waals surface area contributed by atoms with Crippen LogP contribution in [0.3, 0.4) is 0 Å². The van der Waals surface area contributed by atoms with Crippen molar-refractivity contribution in [1.82, 2.24) is 0 Å². The number of ether oxygens (including phenoxy) is 8. The molecule has 12 nitrogen and oxygen atoms in total. The fraction of sp³-hybridized carbons (Fsp3) is 0.444. The van der Waals surface area contributed by atoms with Crippen LogP contribution in [0.2, 0.25) is 0 Å². The van der Waals surface area contributed by atoms with E-state index in [9.17, 15) is 19.2 Å². The van der Waals surface area contributed by atoms with E-state index in [4.69, 9.17) is 37.9 Å². The van der Waals surface area contributed by atoms with E-state index in [1.165, 1.54) is 40.2 Å². The summed E-state index contributed by atoms with van der Waals surface area (Å²) in [5.41, 5.74) is 0.219. The molecule has 2 heterocycles. The van der Waals surface area contributed by atoms with Gasteiger partial charge < -0.3 is 37.9 Å². The van der Waals surface area contributed by atoms with Crippen molar-refractivity contribution >= 4 is 23.9 Å². The first-order valence-electron chi connectivity index (χ1n) is 15.9. The highest BCUT2D eigenvalue weighted by Crippen LogP contribution is 2.36. The van der Waals surface area contributed by atoms with Gasteiger partial charge in [-0.25, -0.2) is 9.59 Å². The second kappa shape index (κ2) is 20.3. The molecule has 2 aromatic rings. The Morgan fingerprint density at radius 3 is 1.19 bits per heavy atom. The van der Waals surface area contributed by atoms with Crippen molar-refractivity contribution in [2.45, 2.75) is 65.2 Å². The summed E-state index contributed by atoms with van der Waals surface area (Å²) in [5, 5.41) is 0. The number of allylic oxidation sites excluding steroid dienone is 4. The van der Waals surface area contributed by atoms with Gasteiger partial charge in [-0.2, -0.15) is 0 Å². The van der Waals surface area contributed by atoms with E-state index in [1.807, 2.05) is 0 Å². The normalized spacial score (nSPS) is 17.0. The molecule has 12 heteroatoms. The molecule has 0 N–H and O–H groups in total. The number of methoxy groups -OCH3 is 2. The van der Waals surface area contributed by atoms with E-state index in [1.54, 1.807) is 12.1 Å². The molecular weight excluding hydrogens is 624 g/mol. The molecule has 0 radical (unpaired) electrons. The quantitative estimate of drug-likeness (QED) is 0.197. The van der Waals surface area contributed by atoms with Crippen LogP contribution in [-0.4, -0.2) is 64.5 Å². The highest BCUT2D eigenvalue weighted by atomic mass is 16.6. The van der Waals surface area contributed by atoms with Crippen molar-refractivity contribution in [2.24, 2.45) is 0 Å². The number of benzene rings is 2. The molecule has 0 spiro atoms. The van der Waals surface area contributed by atoms with Gasteiger partial charge in [-0.05, 0) is 51.4 Å². The van der Waals surface area contributed by atoms with Crippen LogP contribution in [0.4, 0.5) is 0 Å². The van der Waals surface area contributed by atoms with Gasteiger partial charge in [-0.3, -0.25) is 9.59 Å². The largest absolute Gasteiger partial charge is 0.496 e. The van der Waals surface area contributed by atoms with Gasteiger partial charge in [0.2, 0.25) is 0 Å². The van der Waals surface area contributed by atoms with Crippen LogP contribution in [0.15, 0.2) is 48.6 Å². The lowest BCUT2D eigenvalue weighted by Crippen LogP contribution is -2.14. The molecule has 0 amide bonds. The average Bonchev–Trinajstić information content (AvgIpc) is 3.08. The van der Waals surface area contributed by atoms with Crippen molar-refractivity contribution in [3.05, 3.63) is 59.7 Å². The zero-order valence-electron chi connectivity index (χ0n) is 28.0. The molecule has 0 bridgehead atoms. The number of rotatable bonds is 4. The van der Waals surface area contributed by atoms with Crippen molar-refractivity contribution < 1.29 is 57.1 Å². The predicted octanol–water partition coefficient (Wildman–Crippen LogP) is 6.57.